The Bertz CT molecular complexity index is 949. The van der Waals surface area contributed by atoms with E-state index in [0.29, 0.717) is 37.4 Å². The Labute approximate surface area is 160 Å². The van der Waals surface area contributed by atoms with Crippen molar-refractivity contribution in [1.29, 1.82) is 0 Å². The van der Waals surface area contributed by atoms with Crippen molar-refractivity contribution in [2.24, 2.45) is 0 Å². The van der Waals surface area contributed by atoms with Gasteiger partial charge in [-0.3, -0.25) is 4.79 Å². The summed E-state index contributed by atoms with van der Waals surface area (Å²) in [6.45, 7) is 6.03. The summed E-state index contributed by atoms with van der Waals surface area (Å²) >= 11 is 0. The van der Waals surface area contributed by atoms with Gasteiger partial charge in [-0.05, 0) is 50.2 Å². The topological polar surface area (TPSA) is 69.7 Å². The fourth-order valence-corrected chi connectivity index (χ4v) is 4.54. The average Bonchev–Trinajstić information content (AvgIpc) is 2.64. The molecule has 1 amide bonds. The Hall–Kier alpha value is -2.22. The number of rotatable bonds is 4. The smallest absolute Gasteiger partial charge is 0.255 e. The third-order valence-corrected chi connectivity index (χ3v) is 6.84. The summed E-state index contributed by atoms with van der Waals surface area (Å²) in [5, 5.41) is 2.88. The normalized spacial score (nSPS) is 16.3. The van der Waals surface area contributed by atoms with E-state index < -0.39 is 10.0 Å². The first-order valence-corrected chi connectivity index (χ1v) is 10.4. The molecule has 0 atom stereocenters. The van der Waals surface area contributed by atoms with Crippen molar-refractivity contribution in [3.63, 3.8) is 0 Å². The van der Waals surface area contributed by atoms with E-state index in [2.05, 4.69) is 10.2 Å². The standard InChI is InChI=1S/C20H25N3O3S/c1-15-8-9-17(27(25,26)23-12-10-22(3)11-13-23)14-18(15)20(24)21-19-7-5-4-6-16(19)2/h4-9,14H,10-13H2,1-3H3,(H,21,24). The number of hydrogen-bond donors (Lipinski definition) is 1. The fourth-order valence-electron chi connectivity index (χ4n) is 3.09. The van der Waals surface area contributed by atoms with Crippen LogP contribution in [-0.4, -0.2) is 56.8 Å². The van der Waals surface area contributed by atoms with Crippen LogP contribution in [0.5, 0.6) is 0 Å². The van der Waals surface area contributed by atoms with Crippen LogP contribution < -0.4 is 5.32 Å². The number of benzene rings is 2. The number of anilines is 1. The van der Waals surface area contributed by atoms with Gasteiger partial charge in [0.15, 0.2) is 0 Å². The maximum absolute atomic E-state index is 13.0. The molecule has 1 aliphatic heterocycles. The first kappa shape index (κ1) is 19.5. The van der Waals surface area contributed by atoms with Gasteiger partial charge in [0.2, 0.25) is 10.0 Å². The number of nitrogens with one attached hydrogen (secondary N) is 1. The van der Waals surface area contributed by atoms with E-state index >= 15 is 0 Å². The van der Waals surface area contributed by atoms with Gasteiger partial charge < -0.3 is 10.2 Å². The molecular weight excluding hydrogens is 362 g/mol. The van der Waals surface area contributed by atoms with Gasteiger partial charge in [-0.25, -0.2) is 8.42 Å². The lowest BCUT2D eigenvalue weighted by atomic mass is 10.1. The van der Waals surface area contributed by atoms with Gasteiger partial charge in [-0.15, -0.1) is 0 Å². The molecule has 27 heavy (non-hydrogen) atoms. The molecule has 1 aliphatic rings. The lowest BCUT2D eigenvalue weighted by Gasteiger charge is -2.31. The molecule has 1 N–H and O–H groups in total. The molecule has 0 saturated carbocycles. The highest BCUT2D eigenvalue weighted by Gasteiger charge is 2.28. The van der Waals surface area contributed by atoms with E-state index in [4.69, 9.17) is 0 Å². The molecule has 3 rings (SSSR count). The summed E-state index contributed by atoms with van der Waals surface area (Å²) in [5.41, 5.74) is 2.77. The third kappa shape index (κ3) is 4.21. The van der Waals surface area contributed by atoms with Gasteiger partial charge >= 0.3 is 0 Å². The number of para-hydroxylation sites is 1. The third-order valence-electron chi connectivity index (χ3n) is 4.95. The highest BCUT2D eigenvalue weighted by Crippen LogP contribution is 2.22. The summed E-state index contributed by atoms with van der Waals surface area (Å²) in [6.07, 6.45) is 0. The molecule has 0 spiro atoms. The second-order valence-electron chi connectivity index (χ2n) is 6.95. The van der Waals surface area contributed by atoms with Gasteiger partial charge in [0.1, 0.15) is 0 Å². The van der Waals surface area contributed by atoms with Crippen LogP contribution in [0, 0.1) is 13.8 Å². The number of sulfonamides is 1. The highest BCUT2D eigenvalue weighted by atomic mass is 32.2. The minimum absolute atomic E-state index is 0.160. The van der Waals surface area contributed by atoms with Crippen LogP contribution in [0.25, 0.3) is 0 Å². The Morgan fingerprint density at radius 2 is 1.63 bits per heavy atom. The molecule has 144 valence electrons. The van der Waals surface area contributed by atoms with Gasteiger partial charge in [0, 0.05) is 37.4 Å². The van der Waals surface area contributed by atoms with Crippen molar-refractivity contribution in [2.45, 2.75) is 18.7 Å². The molecule has 1 saturated heterocycles. The van der Waals surface area contributed by atoms with E-state index in [-0.39, 0.29) is 10.8 Å². The molecule has 0 aliphatic carbocycles. The van der Waals surface area contributed by atoms with Crippen LogP contribution in [0.3, 0.4) is 0 Å². The number of carbonyl (C=O) groups excluding carboxylic acids is 1. The van der Waals surface area contributed by atoms with E-state index in [1.54, 1.807) is 19.1 Å². The molecule has 2 aromatic rings. The van der Waals surface area contributed by atoms with E-state index in [0.717, 1.165) is 11.1 Å². The molecule has 0 unspecified atom stereocenters. The first-order chi connectivity index (χ1) is 12.8. The Morgan fingerprint density at radius 3 is 2.30 bits per heavy atom. The zero-order valence-corrected chi connectivity index (χ0v) is 16.7. The molecule has 6 nitrogen and oxygen atoms in total. The summed E-state index contributed by atoms with van der Waals surface area (Å²) in [6, 6.07) is 12.2. The van der Waals surface area contributed by atoms with Crippen molar-refractivity contribution in [1.82, 2.24) is 9.21 Å². The van der Waals surface area contributed by atoms with Crippen molar-refractivity contribution in [3.05, 3.63) is 59.2 Å². The van der Waals surface area contributed by atoms with Crippen molar-refractivity contribution in [2.75, 3.05) is 38.5 Å². The summed E-state index contributed by atoms with van der Waals surface area (Å²) in [5.74, 6) is -0.308. The first-order valence-electron chi connectivity index (χ1n) is 8.95. The predicted molar refractivity (Wildman–Crippen MR) is 107 cm³/mol. The van der Waals surface area contributed by atoms with Gasteiger partial charge in [-0.1, -0.05) is 24.3 Å². The molecular formula is C20H25N3O3S. The number of aryl methyl sites for hydroxylation is 2. The Kier molecular flexibility index (Phi) is 5.64. The number of piperazine rings is 1. The number of amides is 1. The number of nitrogens with zero attached hydrogens (tertiary/aromatic N) is 2. The highest BCUT2D eigenvalue weighted by molar-refractivity contribution is 7.89. The minimum Gasteiger partial charge on any atom is -0.322 e. The average molecular weight is 388 g/mol. The molecule has 2 aromatic carbocycles. The lowest BCUT2D eigenvalue weighted by molar-refractivity contribution is 0.102. The number of carbonyl (C=O) groups is 1. The predicted octanol–water partition coefficient (Wildman–Crippen LogP) is 2.49. The molecule has 0 aromatic heterocycles. The van der Waals surface area contributed by atoms with Crippen LogP contribution in [0.1, 0.15) is 21.5 Å². The molecule has 0 bridgehead atoms. The van der Waals surface area contributed by atoms with Gasteiger partial charge in [0.25, 0.3) is 5.91 Å². The van der Waals surface area contributed by atoms with Crippen LogP contribution in [0.15, 0.2) is 47.4 Å². The van der Waals surface area contributed by atoms with Crippen LogP contribution in [0.2, 0.25) is 0 Å². The summed E-state index contributed by atoms with van der Waals surface area (Å²) in [4.78, 5) is 15.0. The van der Waals surface area contributed by atoms with Gasteiger partial charge in [0.05, 0.1) is 4.90 Å². The molecule has 1 heterocycles. The summed E-state index contributed by atoms with van der Waals surface area (Å²) < 4.78 is 27.4. The minimum atomic E-state index is -3.61. The maximum Gasteiger partial charge on any atom is 0.255 e. The Morgan fingerprint density at radius 1 is 0.963 bits per heavy atom. The molecule has 7 heteroatoms. The SMILES string of the molecule is Cc1ccccc1NC(=O)c1cc(S(=O)(=O)N2CCN(C)CC2)ccc1C. The second-order valence-corrected chi connectivity index (χ2v) is 8.89. The number of hydrogen-bond acceptors (Lipinski definition) is 4. The molecule has 1 fully saturated rings. The quantitative estimate of drug-likeness (QED) is 0.875. The van der Waals surface area contributed by atoms with Crippen molar-refractivity contribution < 1.29 is 13.2 Å². The van der Waals surface area contributed by atoms with Crippen LogP contribution in [0.4, 0.5) is 5.69 Å². The summed E-state index contributed by atoms with van der Waals surface area (Å²) in [7, 11) is -1.64. The van der Waals surface area contributed by atoms with E-state index in [9.17, 15) is 13.2 Å². The van der Waals surface area contributed by atoms with Crippen molar-refractivity contribution in [3.8, 4) is 0 Å². The van der Waals surface area contributed by atoms with E-state index in [1.165, 1.54) is 10.4 Å². The van der Waals surface area contributed by atoms with E-state index in [1.807, 2.05) is 38.2 Å². The Balaban J connectivity index is 1.88. The maximum atomic E-state index is 13.0. The zero-order valence-electron chi connectivity index (χ0n) is 15.9. The van der Waals surface area contributed by atoms with Crippen molar-refractivity contribution >= 4 is 21.6 Å². The monoisotopic (exact) mass is 387 g/mol. The zero-order chi connectivity index (χ0) is 19.6. The molecule has 0 radical (unpaired) electrons. The number of likely N-dealkylation sites (N-methyl/N-ethyl adjacent to an activating group) is 1. The largest absolute Gasteiger partial charge is 0.322 e. The lowest BCUT2D eigenvalue weighted by Crippen LogP contribution is -2.47. The van der Waals surface area contributed by atoms with Crippen LogP contribution >= 0.6 is 0 Å². The fraction of sp³-hybridized carbons (Fsp3) is 0.350. The van der Waals surface area contributed by atoms with Gasteiger partial charge in [-0.2, -0.15) is 4.31 Å². The van der Waals surface area contributed by atoms with Crippen LogP contribution in [-0.2, 0) is 10.0 Å². The second kappa shape index (κ2) is 7.80.